The number of rotatable bonds is 6. The lowest BCUT2D eigenvalue weighted by Gasteiger charge is -2.07. The number of carbonyl (C=O) groups excluding carboxylic acids is 1. The van der Waals surface area contributed by atoms with Crippen molar-refractivity contribution in [2.45, 2.75) is 12.6 Å². The summed E-state index contributed by atoms with van der Waals surface area (Å²) in [5.74, 6) is -0.786. The van der Waals surface area contributed by atoms with Gasteiger partial charge >= 0.3 is 6.18 Å². The van der Waals surface area contributed by atoms with Gasteiger partial charge in [-0.2, -0.15) is 13.2 Å². The highest BCUT2D eigenvalue weighted by Crippen LogP contribution is 2.13. The molecule has 0 rings (SSSR count). The van der Waals surface area contributed by atoms with Crippen LogP contribution in [0.25, 0.3) is 0 Å². The van der Waals surface area contributed by atoms with Crippen LogP contribution >= 0.6 is 0 Å². The summed E-state index contributed by atoms with van der Waals surface area (Å²) in [5, 5.41) is 13.0. The number of nitrogens with one attached hydrogen (secondary N) is 1. The summed E-state index contributed by atoms with van der Waals surface area (Å²) < 4.78 is 38.9. The Bertz CT molecular complexity index is 255. The third-order valence-corrected chi connectivity index (χ3v) is 1.33. The van der Waals surface area contributed by atoms with Gasteiger partial charge < -0.3 is 21.0 Å². The average Bonchev–Trinajstić information content (AvgIpc) is 2.15. The number of amides is 1. The van der Waals surface area contributed by atoms with Gasteiger partial charge in [-0.05, 0) is 0 Å². The van der Waals surface area contributed by atoms with Gasteiger partial charge in [0, 0.05) is 13.0 Å². The number of carbonyl (C=O) groups is 1. The fourth-order valence-electron chi connectivity index (χ4n) is 0.690. The molecule has 0 fully saturated rings. The molecule has 1 amide bonds. The lowest BCUT2D eigenvalue weighted by Crippen LogP contribution is -2.32. The number of alkyl halides is 3. The topological polar surface area (TPSA) is 96.9 Å². The van der Waals surface area contributed by atoms with Crippen LogP contribution in [0, 0.1) is 0 Å². The molecule has 6 nitrogen and oxygen atoms in total. The molecule has 94 valence electrons. The zero-order valence-corrected chi connectivity index (χ0v) is 8.25. The molecule has 0 saturated carbocycles. The third-order valence-electron chi connectivity index (χ3n) is 1.33. The summed E-state index contributed by atoms with van der Waals surface area (Å²) in [4.78, 5) is 10.9. The third kappa shape index (κ3) is 9.06. The number of amidine groups is 1. The van der Waals surface area contributed by atoms with Crippen molar-refractivity contribution in [2.75, 3.05) is 19.8 Å². The van der Waals surface area contributed by atoms with Gasteiger partial charge in [0.25, 0.3) is 0 Å². The molecular formula is C7H12F3N3O3. The molecule has 0 bridgehead atoms. The minimum atomic E-state index is -4.45. The molecule has 0 unspecified atom stereocenters. The number of oxime groups is 1. The normalized spacial score (nSPS) is 12.6. The van der Waals surface area contributed by atoms with Crippen LogP contribution in [0.15, 0.2) is 5.16 Å². The fraction of sp³-hybridized carbons (Fsp3) is 0.714. The SMILES string of the molecule is NC(CCNC(=O)COCC(F)(F)F)=NO. The predicted octanol–water partition coefficient (Wildman–Crippen LogP) is -0.182. The number of halogens is 3. The van der Waals surface area contributed by atoms with Crippen molar-refractivity contribution < 1.29 is 27.9 Å². The van der Waals surface area contributed by atoms with Gasteiger partial charge in [-0.3, -0.25) is 4.79 Å². The molecule has 0 aliphatic rings. The molecule has 0 aromatic rings. The van der Waals surface area contributed by atoms with Gasteiger partial charge in [-0.25, -0.2) is 0 Å². The van der Waals surface area contributed by atoms with Gasteiger partial charge in [-0.1, -0.05) is 5.16 Å². The van der Waals surface area contributed by atoms with Crippen LogP contribution < -0.4 is 11.1 Å². The maximum Gasteiger partial charge on any atom is 0.411 e. The lowest BCUT2D eigenvalue weighted by molar-refractivity contribution is -0.175. The van der Waals surface area contributed by atoms with E-state index in [4.69, 9.17) is 10.9 Å². The second-order valence-corrected chi connectivity index (χ2v) is 2.80. The number of hydrogen-bond donors (Lipinski definition) is 3. The minimum Gasteiger partial charge on any atom is -0.409 e. The van der Waals surface area contributed by atoms with Crippen molar-refractivity contribution in [3.63, 3.8) is 0 Å². The Hall–Kier alpha value is -1.51. The Morgan fingerprint density at radius 2 is 2.12 bits per heavy atom. The van der Waals surface area contributed by atoms with Crippen molar-refractivity contribution in [1.29, 1.82) is 0 Å². The minimum absolute atomic E-state index is 0.0596. The van der Waals surface area contributed by atoms with E-state index >= 15 is 0 Å². The second kappa shape index (κ2) is 6.88. The largest absolute Gasteiger partial charge is 0.411 e. The molecule has 9 heteroatoms. The summed E-state index contributed by atoms with van der Waals surface area (Å²) >= 11 is 0. The van der Waals surface area contributed by atoms with Crippen molar-refractivity contribution in [2.24, 2.45) is 10.9 Å². The number of nitrogens with zero attached hydrogens (tertiary/aromatic N) is 1. The first-order valence-corrected chi connectivity index (χ1v) is 4.22. The fourth-order valence-corrected chi connectivity index (χ4v) is 0.690. The van der Waals surface area contributed by atoms with Crippen molar-refractivity contribution in [3.8, 4) is 0 Å². The van der Waals surface area contributed by atoms with Gasteiger partial charge in [0.1, 0.15) is 19.0 Å². The predicted molar refractivity (Wildman–Crippen MR) is 47.9 cm³/mol. The zero-order valence-electron chi connectivity index (χ0n) is 8.25. The van der Waals surface area contributed by atoms with E-state index in [9.17, 15) is 18.0 Å². The molecule has 0 atom stereocenters. The van der Waals surface area contributed by atoms with E-state index in [1.165, 1.54) is 0 Å². The zero-order chi connectivity index (χ0) is 12.6. The highest BCUT2D eigenvalue weighted by Gasteiger charge is 2.27. The van der Waals surface area contributed by atoms with Crippen molar-refractivity contribution in [1.82, 2.24) is 5.32 Å². The first-order chi connectivity index (χ1) is 7.35. The molecule has 0 aromatic heterocycles. The van der Waals surface area contributed by atoms with E-state index in [-0.39, 0.29) is 18.8 Å². The maximum absolute atomic E-state index is 11.6. The molecule has 0 spiro atoms. The van der Waals surface area contributed by atoms with Crippen LogP contribution in [0.2, 0.25) is 0 Å². The Morgan fingerprint density at radius 1 is 1.50 bits per heavy atom. The number of hydrogen-bond acceptors (Lipinski definition) is 4. The molecule has 0 aliphatic heterocycles. The first kappa shape index (κ1) is 14.5. The number of ether oxygens (including phenoxy) is 1. The molecule has 4 N–H and O–H groups in total. The van der Waals surface area contributed by atoms with Crippen LogP contribution in [0.1, 0.15) is 6.42 Å². The molecule has 0 radical (unpaired) electrons. The Morgan fingerprint density at radius 3 is 2.62 bits per heavy atom. The van der Waals surface area contributed by atoms with E-state index in [1.54, 1.807) is 0 Å². The quantitative estimate of drug-likeness (QED) is 0.261. The van der Waals surface area contributed by atoms with E-state index in [1.807, 2.05) is 0 Å². The highest BCUT2D eigenvalue weighted by molar-refractivity contribution is 5.81. The summed E-state index contributed by atoms with van der Waals surface area (Å²) in [7, 11) is 0. The van der Waals surface area contributed by atoms with Gasteiger partial charge in [0.05, 0.1) is 0 Å². The molecule has 16 heavy (non-hydrogen) atoms. The smallest absolute Gasteiger partial charge is 0.409 e. The van der Waals surface area contributed by atoms with Crippen LogP contribution in [0.4, 0.5) is 13.2 Å². The van der Waals surface area contributed by atoms with Gasteiger partial charge in [0.2, 0.25) is 5.91 Å². The molecule has 0 heterocycles. The second-order valence-electron chi connectivity index (χ2n) is 2.80. The summed E-state index contributed by atoms with van der Waals surface area (Å²) in [5.41, 5.74) is 5.09. The molecule has 0 aromatic carbocycles. The summed E-state index contributed by atoms with van der Waals surface area (Å²) in [6.07, 6.45) is -4.35. The molecule has 0 aliphatic carbocycles. The average molecular weight is 243 g/mol. The maximum atomic E-state index is 11.6. The molecule has 0 saturated heterocycles. The van der Waals surface area contributed by atoms with E-state index in [0.717, 1.165) is 0 Å². The summed E-state index contributed by atoms with van der Waals surface area (Å²) in [6.45, 7) is -2.10. The van der Waals surface area contributed by atoms with Crippen LogP contribution in [0.5, 0.6) is 0 Å². The van der Waals surface area contributed by atoms with Crippen molar-refractivity contribution in [3.05, 3.63) is 0 Å². The van der Waals surface area contributed by atoms with Crippen LogP contribution in [0.3, 0.4) is 0 Å². The van der Waals surface area contributed by atoms with Gasteiger partial charge in [0.15, 0.2) is 0 Å². The number of nitrogens with two attached hydrogens (primary N) is 1. The standard InChI is InChI=1S/C7H12F3N3O3/c8-7(9,10)4-16-3-6(14)12-2-1-5(11)13-15/h15H,1-4H2,(H2,11,13)(H,12,14). The monoisotopic (exact) mass is 243 g/mol. The Labute approximate surface area is 89.2 Å². The van der Waals surface area contributed by atoms with Crippen molar-refractivity contribution >= 4 is 11.7 Å². The summed E-state index contributed by atoms with van der Waals surface area (Å²) in [6, 6.07) is 0. The Balaban J connectivity index is 3.53. The van der Waals surface area contributed by atoms with E-state index in [2.05, 4.69) is 15.2 Å². The van der Waals surface area contributed by atoms with E-state index < -0.39 is 25.3 Å². The van der Waals surface area contributed by atoms with Gasteiger partial charge in [-0.15, -0.1) is 0 Å². The van der Waals surface area contributed by atoms with Crippen LogP contribution in [-0.4, -0.2) is 42.9 Å². The van der Waals surface area contributed by atoms with E-state index in [0.29, 0.717) is 0 Å². The molecular weight excluding hydrogens is 231 g/mol. The van der Waals surface area contributed by atoms with Crippen LogP contribution in [-0.2, 0) is 9.53 Å². The first-order valence-electron chi connectivity index (χ1n) is 4.22. The lowest BCUT2D eigenvalue weighted by atomic mass is 10.4. The Kier molecular flexibility index (Phi) is 6.23. The highest BCUT2D eigenvalue weighted by atomic mass is 19.4.